The van der Waals surface area contributed by atoms with Crippen molar-refractivity contribution in [2.75, 3.05) is 7.11 Å². The average molecular weight is 238 g/mol. The van der Waals surface area contributed by atoms with Crippen molar-refractivity contribution in [2.45, 2.75) is 33.3 Å². The quantitative estimate of drug-likeness (QED) is 0.439. The second-order valence-electron chi connectivity index (χ2n) is 4.00. The molecule has 0 saturated heterocycles. The zero-order chi connectivity index (χ0) is 13.3. The highest BCUT2D eigenvalue weighted by atomic mass is 16.5. The van der Waals surface area contributed by atoms with Crippen molar-refractivity contribution in [2.24, 2.45) is 5.92 Å². The molecule has 0 heterocycles. The number of hydrogen-bond donors (Lipinski definition) is 1. The normalized spacial score (nSPS) is 16.4. The minimum atomic E-state index is -0.490. The van der Waals surface area contributed by atoms with Gasteiger partial charge in [0.15, 0.2) is 0 Å². The lowest BCUT2D eigenvalue weighted by Gasteiger charge is -2.14. The molecule has 3 nitrogen and oxygen atoms in total. The summed E-state index contributed by atoms with van der Waals surface area (Å²) in [4.78, 5) is 10.8. The number of aliphatic hydroxyl groups is 1. The summed E-state index contributed by atoms with van der Waals surface area (Å²) in [6.45, 7) is 5.90. The average Bonchev–Trinajstić information content (AvgIpc) is 2.28. The molecule has 0 aromatic carbocycles. The first-order valence-electron chi connectivity index (χ1n) is 5.75. The summed E-state index contributed by atoms with van der Waals surface area (Å²) in [6.07, 6.45) is 8.88. The molecule has 0 aromatic heterocycles. The van der Waals surface area contributed by atoms with Crippen LogP contribution in [0.3, 0.4) is 0 Å². The molecule has 0 rings (SSSR count). The molecular formula is C14H22O3. The van der Waals surface area contributed by atoms with Gasteiger partial charge >= 0.3 is 5.97 Å². The Balaban J connectivity index is 4.23. The van der Waals surface area contributed by atoms with E-state index in [0.29, 0.717) is 6.42 Å². The number of esters is 1. The third-order valence-corrected chi connectivity index (χ3v) is 2.39. The predicted molar refractivity (Wildman–Crippen MR) is 69.5 cm³/mol. The van der Waals surface area contributed by atoms with E-state index in [1.165, 1.54) is 13.2 Å². The van der Waals surface area contributed by atoms with Crippen LogP contribution in [0.15, 0.2) is 36.0 Å². The Kier molecular flexibility index (Phi) is 8.07. The van der Waals surface area contributed by atoms with Gasteiger partial charge in [0.25, 0.3) is 0 Å². The molecule has 2 unspecified atom stereocenters. The van der Waals surface area contributed by atoms with Gasteiger partial charge in [-0.25, -0.2) is 4.79 Å². The third-order valence-electron chi connectivity index (χ3n) is 2.39. The van der Waals surface area contributed by atoms with Crippen LogP contribution >= 0.6 is 0 Å². The van der Waals surface area contributed by atoms with Gasteiger partial charge in [-0.05, 0) is 20.3 Å². The molecule has 17 heavy (non-hydrogen) atoms. The molecule has 96 valence electrons. The summed E-state index contributed by atoms with van der Waals surface area (Å²) >= 11 is 0. The van der Waals surface area contributed by atoms with Crippen molar-refractivity contribution in [1.29, 1.82) is 0 Å². The van der Waals surface area contributed by atoms with Crippen LogP contribution in [-0.2, 0) is 9.53 Å². The Labute approximate surface area is 103 Å². The molecule has 0 amide bonds. The van der Waals surface area contributed by atoms with E-state index in [1.807, 2.05) is 39.0 Å². The fraction of sp³-hybridized carbons (Fsp3) is 0.500. The smallest absolute Gasteiger partial charge is 0.330 e. The van der Waals surface area contributed by atoms with Crippen LogP contribution in [0.25, 0.3) is 0 Å². The Morgan fingerprint density at radius 3 is 2.59 bits per heavy atom. The molecule has 0 saturated carbocycles. The van der Waals surface area contributed by atoms with Gasteiger partial charge in [-0.1, -0.05) is 36.8 Å². The van der Waals surface area contributed by atoms with E-state index in [2.05, 4.69) is 4.74 Å². The molecule has 2 atom stereocenters. The summed E-state index contributed by atoms with van der Waals surface area (Å²) in [6, 6.07) is 0. The summed E-state index contributed by atoms with van der Waals surface area (Å²) in [7, 11) is 1.33. The van der Waals surface area contributed by atoms with E-state index in [1.54, 1.807) is 6.08 Å². The van der Waals surface area contributed by atoms with Gasteiger partial charge in [-0.2, -0.15) is 0 Å². The van der Waals surface area contributed by atoms with Crippen molar-refractivity contribution >= 4 is 5.97 Å². The van der Waals surface area contributed by atoms with E-state index in [-0.39, 0.29) is 5.92 Å². The standard InChI is InChI=1S/C14H22O3/c1-5-7-11(2)10-12(3)13(15)8-6-9-14(16)17-4/h5-7,9-10,12-13,15H,8H2,1-4H3. The van der Waals surface area contributed by atoms with E-state index >= 15 is 0 Å². The minimum Gasteiger partial charge on any atom is -0.466 e. The van der Waals surface area contributed by atoms with Crippen molar-refractivity contribution < 1.29 is 14.6 Å². The van der Waals surface area contributed by atoms with Gasteiger partial charge < -0.3 is 9.84 Å². The van der Waals surface area contributed by atoms with Crippen LogP contribution in [0.4, 0.5) is 0 Å². The predicted octanol–water partition coefficient (Wildman–Crippen LogP) is 2.63. The Morgan fingerprint density at radius 1 is 1.41 bits per heavy atom. The molecule has 1 N–H and O–H groups in total. The number of hydrogen-bond acceptors (Lipinski definition) is 3. The maximum atomic E-state index is 10.8. The number of methoxy groups -OCH3 is 1. The van der Waals surface area contributed by atoms with Gasteiger partial charge in [0.1, 0.15) is 0 Å². The molecule has 0 aliphatic heterocycles. The maximum absolute atomic E-state index is 10.8. The van der Waals surface area contributed by atoms with Crippen LogP contribution in [0, 0.1) is 5.92 Å². The highest BCUT2D eigenvalue weighted by Crippen LogP contribution is 2.12. The van der Waals surface area contributed by atoms with E-state index in [4.69, 9.17) is 0 Å². The topological polar surface area (TPSA) is 46.5 Å². The Morgan fingerprint density at radius 2 is 2.06 bits per heavy atom. The number of allylic oxidation sites excluding steroid dienone is 3. The fourth-order valence-corrected chi connectivity index (χ4v) is 1.43. The Bertz CT molecular complexity index is 313. The highest BCUT2D eigenvalue weighted by molar-refractivity contribution is 5.81. The molecule has 0 aliphatic carbocycles. The first-order chi connectivity index (χ1) is 8.01. The largest absolute Gasteiger partial charge is 0.466 e. The van der Waals surface area contributed by atoms with Crippen LogP contribution in [0.5, 0.6) is 0 Å². The monoisotopic (exact) mass is 238 g/mol. The second kappa shape index (κ2) is 8.76. The fourth-order valence-electron chi connectivity index (χ4n) is 1.43. The van der Waals surface area contributed by atoms with Crippen LogP contribution in [0.2, 0.25) is 0 Å². The molecule has 0 spiro atoms. The zero-order valence-electron chi connectivity index (χ0n) is 11.0. The van der Waals surface area contributed by atoms with E-state index < -0.39 is 12.1 Å². The zero-order valence-corrected chi connectivity index (χ0v) is 11.0. The van der Waals surface area contributed by atoms with E-state index in [9.17, 15) is 9.90 Å². The first kappa shape index (κ1) is 15.7. The van der Waals surface area contributed by atoms with Crippen molar-refractivity contribution in [1.82, 2.24) is 0 Å². The molecule has 0 fully saturated rings. The van der Waals surface area contributed by atoms with Gasteiger partial charge in [0.05, 0.1) is 13.2 Å². The maximum Gasteiger partial charge on any atom is 0.330 e. The van der Waals surface area contributed by atoms with Gasteiger partial charge in [0.2, 0.25) is 0 Å². The summed E-state index contributed by atoms with van der Waals surface area (Å²) in [5, 5.41) is 9.85. The van der Waals surface area contributed by atoms with Gasteiger partial charge in [-0.15, -0.1) is 0 Å². The van der Waals surface area contributed by atoms with Crippen molar-refractivity contribution in [3.63, 3.8) is 0 Å². The summed E-state index contributed by atoms with van der Waals surface area (Å²) in [5.41, 5.74) is 1.12. The lowest BCUT2D eigenvalue weighted by atomic mass is 9.99. The minimum absolute atomic E-state index is 0.0495. The molecule has 0 radical (unpaired) electrons. The number of ether oxygens (including phenoxy) is 1. The van der Waals surface area contributed by atoms with Crippen LogP contribution in [0.1, 0.15) is 27.2 Å². The second-order valence-corrected chi connectivity index (χ2v) is 4.00. The van der Waals surface area contributed by atoms with Crippen molar-refractivity contribution in [3.05, 3.63) is 36.0 Å². The summed E-state index contributed by atoms with van der Waals surface area (Å²) < 4.78 is 4.46. The lowest BCUT2D eigenvalue weighted by molar-refractivity contribution is -0.134. The molecular weight excluding hydrogens is 216 g/mol. The van der Waals surface area contributed by atoms with Gasteiger partial charge in [0, 0.05) is 12.0 Å². The SMILES string of the molecule is CC=CC(C)=CC(C)C(O)CC=CC(=O)OC. The van der Waals surface area contributed by atoms with E-state index in [0.717, 1.165) is 5.57 Å². The van der Waals surface area contributed by atoms with Crippen molar-refractivity contribution in [3.8, 4) is 0 Å². The first-order valence-corrected chi connectivity index (χ1v) is 5.75. The van der Waals surface area contributed by atoms with Gasteiger partial charge in [-0.3, -0.25) is 0 Å². The molecule has 3 heteroatoms. The number of rotatable bonds is 6. The Hall–Kier alpha value is -1.35. The van der Waals surface area contributed by atoms with Crippen LogP contribution in [-0.4, -0.2) is 24.3 Å². The molecule has 0 aromatic rings. The molecule has 0 bridgehead atoms. The third kappa shape index (κ3) is 7.53. The number of aliphatic hydroxyl groups excluding tert-OH is 1. The molecule has 0 aliphatic rings. The highest BCUT2D eigenvalue weighted by Gasteiger charge is 2.10. The number of carbonyl (C=O) groups is 1. The lowest BCUT2D eigenvalue weighted by Crippen LogP contribution is -2.15. The van der Waals surface area contributed by atoms with Crippen LogP contribution < -0.4 is 0 Å². The summed E-state index contributed by atoms with van der Waals surface area (Å²) in [5.74, 6) is -0.348. The number of carbonyl (C=O) groups excluding carboxylic acids is 1.